The lowest BCUT2D eigenvalue weighted by atomic mass is 9.72. The van der Waals surface area contributed by atoms with Gasteiger partial charge in [0.15, 0.2) is 38.7 Å². The Bertz CT molecular complexity index is 3690. The van der Waals surface area contributed by atoms with E-state index in [1.165, 1.54) is 12.2 Å². The molecule has 4 aliphatic heterocycles. The molecule has 1 spiro atoms. The standard InChI is InChI=1S/C77H84O20/c1-75(2)47-77(67-33-70(95-74(79)28-18-56-15-25-64(26-16-56)91-52-87-46-60-41-83-42-60)69(31-65(67)75)94-73(78)27-17-55-13-23-63(24-14-55)90-51-86-45-59-39-82-40-59)48-76(3,4)66-32-71(96-92-29-5-7-53-9-19-61(20-10-53)88-49-84-43-57-35-80-36-57)72(34-68(66)77)97-93-30-6-8-54-11-21-62(22-12-54)89-50-85-44-58-37-81-38-58/h5-28,31-34,57-60H,29-30,35-52H2,1-4H3/b7-5+,8-6-,27-17+,28-18+. The van der Waals surface area contributed by atoms with Crippen LogP contribution in [0.25, 0.3) is 24.3 Å². The molecule has 4 heterocycles. The Morgan fingerprint density at radius 3 is 0.990 bits per heavy atom. The van der Waals surface area contributed by atoms with Crippen LogP contribution in [0.1, 0.15) is 85.0 Å². The van der Waals surface area contributed by atoms with Gasteiger partial charge in [0, 0.05) is 41.2 Å². The third-order valence-electron chi connectivity index (χ3n) is 17.6. The first-order chi connectivity index (χ1) is 47.3. The molecule has 6 aliphatic rings. The van der Waals surface area contributed by atoms with Crippen molar-refractivity contribution in [1.29, 1.82) is 0 Å². The first kappa shape index (κ1) is 68.6. The Morgan fingerprint density at radius 2 is 0.680 bits per heavy atom. The molecule has 4 fully saturated rings. The molecule has 6 aromatic carbocycles. The number of benzene rings is 6. The van der Waals surface area contributed by atoms with Crippen molar-refractivity contribution < 1.29 is 95.5 Å². The Balaban J connectivity index is 0.779. The van der Waals surface area contributed by atoms with Crippen molar-refractivity contribution in [3.05, 3.63) is 190 Å². The van der Waals surface area contributed by atoms with Crippen LogP contribution in [0.4, 0.5) is 0 Å². The van der Waals surface area contributed by atoms with Crippen molar-refractivity contribution in [3.63, 3.8) is 0 Å². The van der Waals surface area contributed by atoms with Gasteiger partial charge in [0.05, 0.1) is 79.3 Å². The highest BCUT2D eigenvalue weighted by Gasteiger charge is 2.57. The molecule has 0 aromatic heterocycles. The summed E-state index contributed by atoms with van der Waals surface area (Å²) in [7, 11) is 0. The van der Waals surface area contributed by atoms with Crippen LogP contribution < -0.4 is 38.2 Å². The minimum Gasteiger partial charge on any atom is -0.468 e. The van der Waals surface area contributed by atoms with Crippen LogP contribution in [0.15, 0.2) is 146 Å². The zero-order chi connectivity index (χ0) is 66.9. The lowest BCUT2D eigenvalue weighted by Crippen LogP contribution is -2.32. The topological polar surface area (TPSA) is 200 Å². The number of carbonyl (C=O) groups excluding carboxylic acids is 2. The number of hydrogen-bond donors (Lipinski definition) is 0. The molecule has 0 bridgehead atoms. The van der Waals surface area contributed by atoms with Crippen molar-refractivity contribution >= 4 is 36.2 Å². The van der Waals surface area contributed by atoms with Gasteiger partial charge < -0.3 is 76.1 Å². The quantitative estimate of drug-likeness (QED) is 0.00683. The molecule has 6 aromatic rings. The van der Waals surface area contributed by atoms with Crippen molar-refractivity contribution in [2.45, 2.75) is 56.8 Å². The molecule has 97 heavy (non-hydrogen) atoms. The van der Waals surface area contributed by atoms with E-state index in [2.05, 4.69) is 27.7 Å². The van der Waals surface area contributed by atoms with Gasteiger partial charge in [-0.15, -0.1) is 0 Å². The predicted octanol–water partition coefficient (Wildman–Crippen LogP) is 12.6. The first-order valence-corrected chi connectivity index (χ1v) is 32.9. The molecule has 1 unspecified atom stereocenters. The molecule has 0 saturated carbocycles. The van der Waals surface area contributed by atoms with Gasteiger partial charge in [-0.3, -0.25) is 0 Å². The zero-order valence-electron chi connectivity index (χ0n) is 55.3. The second-order valence-corrected chi connectivity index (χ2v) is 26.4. The molecular weight excluding hydrogens is 1240 g/mol. The van der Waals surface area contributed by atoms with Gasteiger partial charge in [0.2, 0.25) is 11.5 Å². The maximum Gasteiger partial charge on any atom is 0.336 e. The maximum atomic E-state index is 14.1. The molecule has 2 aliphatic carbocycles. The van der Waals surface area contributed by atoms with Gasteiger partial charge in [-0.2, -0.15) is 9.78 Å². The van der Waals surface area contributed by atoms with Gasteiger partial charge in [-0.1, -0.05) is 101 Å². The van der Waals surface area contributed by atoms with Gasteiger partial charge in [-0.25, -0.2) is 9.59 Å². The van der Waals surface area contributed by atoms with Crippen LogP contribution in [0, 0.1) is 23.7 Å². The van der Waals surface area contributed by atoms with Crippen LogP contribution in [0.3, 0.4) is 0 Å². The van der Waals surface area contributed by atoms with Crippen molar-refractivity contribution in [3.8, 4) is 46.0 Å². The third-order valence-corrected chi connectivity index (χ3v) is 17.6. The van der Waals surface area contributed by atoms with E-state index in [-0.39, 0.29) is 57.6 Å². The molecule has 20 heteroatoms. The Labute approximate surface area is 565 Å². The minimum absolute atomic E-state index is 0.0631. The molecular formula is C77H84O20. The van der Waals surface area contributed by atoms with Crippen LogP contribution in [-0.4, -0.2) is 132 Å². The summed E-state index contributed by atoms with van der Waals surface area (Å²) in [5.74, 6) is 3.61. The molecule has 1 atom stereocenters. The van der Waals surface area contributed by atoms with Gasteiger partial charge >= 0.3 is 11.9 Å². The van der Waals surface area contributed by atoms with E-state index in [9.17, 15) is 9.59 Å². The smallest absolute Gasteiger partial charge is 0.336 e. The first-order valence-electron chi connectivity index (χ1n) is 32.9. The van der Waals surface area contributed by atoms with E-state index >= 15 is 0 Å². The second-order valence-electron chi connectivity index (χ2n) is 26.4. The lowest BCUT2D eigenvalue weighted by Gasteiger charge is -2.30. The van der Waals surface area contributed by atoms with E-state index in [1.54, 1.807) is 36.4 Å². The molecule has 0 amide bonds. The van der Waals surface area contributed by atoms with Crippen molar-refractivity contribution in [1.82, 2.24) is 0 Å². The SMILES string of the molecule is CC1(C)CC2(CC(C)(C)c3cc(OC(=O)/C=C/c4ccc(OCOCC5COC5)cc4)c(OC(=O)/C=C/c4ccc(OCOCC5COC5)cc4)cc32)c2cc(OOC/C=C\c3ccc(OCOCC4COC4)cc3)c(OOC/C=C/c3ccc(OCOCC4COC4)cc3)cc21. The summed E-state index contributed by atoms with van der Waals surface area (Å²) in [5, 5.41) is 0. The van der Waals surface area contributed by atoms with Crippen LogP contribution >= 0.6 is 0 Å². The Kier molecular flexibility index (Phi) is 23.2. The number of rotatable bonds is 36. The normalized spacial score (nSPS) is 18.8. The van der Waals surface area contributed by atoms with E-state index in [0.29, 0.717) is 118 Å². The Morgan fingerprint density at radius 1 is 0.392 bits per heavy atom. The van der Waals surface area contributed by atoms with Crippen LogP contribution in [0.2, 0.25) is 0 Å². The van der Waals surface area contributed by atoms with Gasteiger partial charge in [0.1, 0.15) is 36.2 Å². The largest absolute Gasteiger partial charge is 0.468 e. The second kappa shape index (κ2) is 32.8. The van der Waals surface area contributed by atoms with Crippen molar-refractivity contribution in [2.24, 2.45) is 23.7 Å². The van der Waals surface area contributed by atoms with Gasteiger partial charge in [0.25, 0.3) is 0 Å². The summed E-state index contributed by atoms with van der Waals surface area (Å²) < 4.78 is 79.0. The number of fused-ring (bicyclic) bond motifs is 4. The average molecular weight is 1330 g/mol. The average Bonchev–Trinajstić information content (AvgIpc) is 1.53. The lowest BCUT2D eigenvalue weighted by molar-refractivity contribution is -0.218. The summed E-state index contributed by atoms with van der Waals surface area (Å²) in [6, 6.07) is 37.4. The van der Waals surface area contributed by atoms with E-state index in [4.69, 9.17) is 85.9 Å². The highest BCUT2D eigenvalue weighted by molar-refractivity contribution is 5.91. The van der Waals surface area contributed by atoms with Crippen molar-refractivity contribution in [2.75, 3.05) is 120 Å². The molecule has 20 nitrogen and oxygen atoms in total. The highest BCUT2D eigenvalue weighted by atomic mass is 17.2. The summed E-state index contributed by atoms with van der Waals surface area (Å²) in [6.07, 6.45) is 14.8. The van der Waals surface area contributed by atoms with Crippen LogP contribution in [-0.2, 0) is 73.5 Å². The third kappa shape index (κ3) is 18.6. The maximum absolute atomic E-state index is 14.1. The highest BCUT2D eigenvalue weighted by Crippen LogP contribution is 2.65. The summed E-state index contributed by atoms with van der Waals surface area (Å²) >= 11 is 0. The number of ether oxygens (including phenoxy) is 14. The van der Waals surface area contributed by atoms with Crippen LogP contribution in [0.5, 0.6) is 46.0 Å². The minimum atomic E-state index is -0.690. The van der Waals surface area contributed by atoms with E-state index in [1.807, 2.05) is 121 Å². The number of esters is 2. The summed E-state index contributed by atoms with van der Waals surface area (Å²) in [6.45, 7) is 17.5. The Hall–Kier alpha value is -8.38. The molecule has 0 N–H and O–H groups in total. The summed E-state index contributed by atoms with van der Waals surface area (Å²) in [5.41, 5.74) is 5.48. The fourth-order valence-corrected chi connectivity index (χ4v) is 12.4. The summed E-state index contributed by atoms with van der Waals surface area (Å²) in [4.78, 5) is 52.3. The fourth-order valence-electron chi connectivity index (χ4n) is 12.4. The molecule has 512 valence electrons. The number of hydrogen-bond acceptors (Lipinski definition) is 20. The van der Waals surface area contributed by atoms with E-state index < -0.39 is 28.2 Å². The molecule has 12 rings (SSSR count). The monoisotopic (exact) mass is 1330 g/mol. The molecule has 4 saturated heterocycles. The van der Waals surface area contributed by atoms with Gasteiger partial charge in [-0.05, 0) is 153 Å². The number of carbonyl (C=O) groups is 2. The zero-order valence-corrected chi connectivity index (χ0v) is 55.3. The van der Waals surface area contributed by atoms with E-state index in [0.717, 1.165) is 70.9 Å². The predicted molar refractivity (Wildman–Crippen MR) is 358 cm³/mol. The molecule has 0 radical (unpaired) electrons. The fraction of sp³-hybridized carbons (Fsp3) is 0.403.